The van der Waals surface area contributed by atoms with Crippen molar-refractivity contribution in [3.63, 3.8) is 0 Å². The zero-order valence-electron chi connectivity index (χ0n) is 29.9. The second-order valence-corrected chi connectivity index (χ2v) is 13.8. The summed E-state index contributed by atoms with van der Waals surface area (Å²) in [4.78, 5) is 10.4. The van der Waals surface area contributed by atoms with Crippen LogP contribution in [0.1, 0.15) is 0 Å². The Morgan fingerprint density at radius 2 is 0.691 bits per heavy atom. The number of fused-ring (bicyclic) bond motifs is 3. The Balaban J connectivity index is 1.13. The summed E-state index contributed by atoms with van der Waals surface area (Å²) < 4.78 is 6.32. The van der Waals surface area contributed by atoms with E-state index in [1.807, 2.05) is 30.3 Å². The van der Waals surface area contributed by atoms with Gasteiger partial charge in [-0.15, -0.1) is 0 Å². The molecule has 2 aromatic heterocycles. The van der Waals surface area contributed by atoms with E-state index in [9.17, 15) is 0 Å². The summed E-state index contributed by atoms with van der Waals surface area (Å²) in [5, 5.41) is 2.23. The third-order valence-electron chi connectivity index (χ3n) is 10.3. The van der Waals surface area contributed by atoms with Crippen LogP contribution in [0.15, 0.2) is 211 Å². The number of nitrogens with zero attached hydrogens (tertiary/aromatic N) is 2. The molecule has 2 heterocycles. The van der Waals surface area contributed by atoms with Crippen molar-refractivity contribution in [2.75, 3.05) is 0 Å². The number of rotatable bonds is 7. The minimum atomic E-state index is 0.680. The molecule has 258 valence electrons. The molecule has 0 amide bonds. The Morgan fingerprint density at radius 1 is 0.255 bits per heavy atom. The molecule has 55 heavy (non-hydrogen) atoms. The minimum absolute atomic E-state index is 0.680. The Morgan fingerprint density at radius 3 is 1.38 bits per heavy atom. The molecule has 0 bridgehead atoms. The highest BCUT2D eigenvalue weighted by atomic mass is 16.3. The van der Waals surface area contributed by atoms with Crippen molar-refractivity contribution in [3.8, 4) is 78.4 Å². The van der Waals surface area contributed by atoms with Gasteiger partial charge in [0.05, 0.1) is 11.4 Å². The van der Waals surface area contributed by atoms with E-state index in [0.29, 0.717) is 5.82 Å². The highest BCUT2D eigenvalue weighted by Gasteiger charge is 2.15. The fourth-order valence-corrected chi connectivity index (χ4v) is 7.47. The smallest absolute Gasteiger partial charge is 0.160 e. The lowest BCUT2D eigenvalue weighted by atomic mass is 9.94. The summed E-state index contributed by atoms with van der Waals surface area (Å²) in [5.41, 5.74) is 15.6. The van der Waals surface area contributed by atoms with Gasteiger partial charge in [0.25, 0.3) is 0 Å². The fourth-order valence-electron chi connectivity index (χ4n) is 7.47. The quantitative estimate of drug-likeness (QED) is 0.166. The summed E-state index contributed by atoms with van der Waals surface area (Å²) in [6.07, 6.45) is 0. The van der Waals surface area contributed by atoms with E-state index >= 15 is 0 Å². The molecular weight excluding hydrogens is 669 g/mol. The summed E-state index contributed by atoms with van der Waals surface area (Å²) in [7, 11) is 0. The third kappa shape index (κ3) is 6.39. The normalized spacial score (nSPS) is 11.3. The summed E-state index contributed by atoms with van der Waals surface area (Å²) >= 11 is 0. The predicted molar refractivity (Wildman–Crippen MR) is 227 cm³/mol. The van der Waals surface area contributed by atoms with Gasteiger partial charge in [-0.3, -0.25) is 0 Å². The molecule has 0 radical (unpaired) electrons. The van der Waals surface area contributed by atoms with Gasteiger partial charge < -0.3 is 4.42 Å². The number of hydrogen-bond acceptors (Lipinski definition) is 3. The molecule has 0 aliphatic heterocycles. The van der Waals surface area contributed by atoms with Gasteiger partial charge in [-0.05, 0) is 99.1 Å². The van der Waals surface area contributed by atoms with Crippen LogP contribution >= 0.6 is 0 Å². The molecule has 0 saturated heterocycles. The first-order valence-electron chi connectivity index (χ1n) is 18.6. The first-order valence-corrected chi connectivity index (χ1v) is 18.6. The first-order chi connectivity index (χ1) is 27.2. The molecule has 0 spiro atoms. The Hall–Kier alpha value is -7.36. The van der Waals surface area contributed by atoms with E-state index in [1.165, 1.54) is 11.1 Å². The third-order valence-corrected chi connectivity index (χ3v) is 10.3. The molecule has 0 unspecified atom stereocenters. The van der Waals surface area contributed by atoms with Crippen molar-refractivity contribution in [2.45, 2.75) is 0 Å². The van der Waals surface area contributed by atoms with Gasteiger partial charge >= 0.3 is 0 Å². The van der Waals surface area contributed by atoms with E-state index in [-0.39, 0.29) is 0 Å². The van der Waals surface area contributed by atoms with E-state index < -0.39 is 0 Å². The number of benzene rings is 8. The molecule has 0 aliphatic rings. The van der Waals surface area contributed by atoms with Crippen molar-refractivity contribution in [1.82, 2.24) is 9.97 Å². The molecular formula is C52H34N2O. The van der Waals surface area contributed by atoms with Crippen LogP contribution in [-0.4, -0.2) is 9.97 Å². The zero-order chi connectivity index (χ0) is 36.6. The number of aromatic nitrogens is 2. The lowest BCUT2D eigenvalue weighted by molar-refractivity contribution is 0.669. The van der Waals surface area contributed by atoms with Crippen molar-refractivity contribution < 1.29 is 4.42 Å². The topological polar surface area (TPSA) is 38.9 Å². The first kappa shape index (κ1) is 32.3. The van der Waals surface area contributed by atoms with Crippen LogP contribution in [0.2, 0.25) is 0 Å². The van der Waals surface area contributed by atoms with Crippen molar-refractivity contribution in [2.24, 2.45) is 0 Å². The molecule has 0 saturated carbocycles. The molecule has 10 aromatic rings. The summed E-state index contributed by atoms with van der Waals surface area (Å²) in [6, 6.07) is 72.3. The Bertz CT molecular complexity index is 2970. The second kappa shape index (κ2) is 13.9. The monoisotopic (exact) mass is 702 g/mol. The van der Waals surface area contributed by atoms with E-state index in [2.05, 4.69) is 176 Å². The van der Waals surface area contributed by atoms with Gasteiger partial charge in [0.15, 0.2) is 5.82 Å². The van der Waals surface area contributed by atoms with Crippen molar-refractivity contribution in [3.05, 3.63) is 206 Å². The Labute approximate surface area is 319 Å². The molecule has 8 aromatic carbocycles. The SMILES string of the molecule is c1ccc(-c2cccc(-c3cccc(-c4cc(-c5cc(-c6ccccc6)cc(-c6ccc7c(c6)oc6ccccc67)c5)nc(-c5ccccc5)n4)c3)c2)cc1. The zero-order valence-corrected chi connectivity index (χ0v) is 29.9. The molecule has 10 rings (SSSR count). The van der Waals surface area contributed by atoms with Gasteiger partial charge in [0, 0.05) is 27.5 Å². The summed E-state index contributed by atoms with van der Waals surface area (Å²) in [6.45, 7) is 0. The fraction of sp³-hybridized carbons (Fsp3) is 0. The molecule has 0 N–H and O–H groups in total. The summed E-state index contributed by atoms with van der Waals surface area (Å²) in [5.74, 6) is 0.680. The number of hydrogen-bond donors (Lipinski definition) is 0. The van der Waals surface area contributed by atoms with Crippen LogP contribution in [0.25, 0.3) is 100 Å². The standard InChI is InChI=1S/C52H34N2O/c1-4-14-35(15-5-1)38-20-12-21-39(28-38)40-22-13-23-42(29-40)48-34-49(54-52(53-48)37-18-8-3-9-19-37)45-31-43(36-16-6-2-7-17-36)30-44(32-45)41-26-27-47-46-24-10-11-25-50(46)55-51(47)33-41/h1-34H. The molecule has 0 atom stereocenters. The van der Waals surface area contributed by atoms with E-state index in [1.54, 1.807) is 0 Å². The van der Waals surface area contributed by atoms with Gasteiger partial charge in [-0.2, -0.15) is 0 Å². The average molecular weight is 703 g/mol. The highest BCUT2D eigenvalue weighted by molar-refractivity contribution is 6.06. The average Bonchev–Trinajstić information content (AvgIpc) is 3.65. The van der Waals surface area contributed by atoms with Crippen LogP contribution < -0.4 is 0 Å². The Kier molecular flexibility index (Phi) is 8.16. The van der Waals surface area contributed by atoms with Gasteiger partial charge in [0.1, 0.15) is 11.2 Å². The lowest BCUT2D eigenvalue weighted by Crippen LogP contribution is -1.97. The minimum Gasteiger partial charge on any atom is -0.456 e. The van der Waals surface area contributed by atoms with Crippen molar-refractivity contribution >= 4 is 21.9 Å². The van der Waals surface area contributed by atoms with E-state index in [0.717, 1.165) is 83.4 Å². The van der Waals surface area contributed by atoms with Gasteiger partial charge in [-0.25, -0.2) is 9.97 Å². The number of furan rings is 1. The van der Waals surface area contributed by atoms with Crippen LogP contribution in [0.3, 0.4) is 0 Å². The number of para-hydroxylation sites is 1. The van der Waals surface area contributed by atoms with Gasteiger partial charge in [0.2, 0.25) is 0 Å². The maximum absolute atomic E-state index is 6.32. The van der Waals surface area contributed by atoms with Crippen molar-refractivity contribution in [1.29, 1.82) is 0 Å². The highest BCUT2D eigenvalue weighted by Crippen LogP contribution is 2.38. The van der Waals surface area contributed by atoms with Crippen LogP contribution in [0.5, 0.6) is 0 Å². The molecule has 0 fully saturated rings. The van der Waals surface area contributed by atoms with Gasteiger partial charge in [-0.1, -0.05) is 152 Å². The molecule has 3 nitrogen and oxygen atoms in total. The maximum Gasteiger partial charge on any atom is 0.160 e. The predicted octanol–water partition coefficient (Wildman–Crippen LogP) is 14.0. The molecule has 3 heteroatoms. The second-order valence-electron chi connectivity index (χ2n) is 13.8. The maximum atomic E-state index is 6.32. The van der Waals surface area contributed by atoms with Crippen LogP contribution in [0, 0.1) is 0 Å². The van der Waals surface area contributed by atoms with Crippen LogP contribution in [-0.2, 0) is 0 Å². The largest absolute Gasteiger partial charge is 0.456 e. The van der Waals surface area contributed by atoms with Crippen LogP contribution in [0.4, 0.5) is 0 Å². The molecule has 0 aliphatic carbocycles. The lowest BCUT2D eigenvalue weighted by Gasteiger charge is -2.14. The van der Waals surface area contributed by atoms with E-state index in [4.69, 9.17) is 14.4 Å².